The molecular formula is C65H111N19O16. The SMILES string of the molecule is CC[C@H](C)[C@@H]1NC(=O)[C@H](CCCN=C(N)N)NC(=O)CCCCCCN([C@@H](C)C(=O)N[C@@H](CCCN=C(N)N)C(=O)N[C@@H](CC(C)C)C(=O)N[C@@H](CCC(=O)O)C(=O)N[C@@H](CCC(=O)O)C(=O)N[C@@H](CCCCN)C(=O)N[C@@H](Cc2ccc(O)cc2)C(=O)N[C@@H](CCCCN)C(N)=O)C1=O. The molecule has 0 aliphatic carbocycles. The van der Waals surface area contributed by atoms with Crippen LogP contribution < -0.4 is 88.0 Å². The number of nitrogens with zero attached hydrogens (tertiary/aromatic N) is 3. The third kappa shape index (κ3) is 33.9. The Bertz CT molecular complexity index is 2910. The van der Waals surface area contributed by atoms with E-state index in [4.69, 9.17) is 40.1 Å². The number of unbranched alkanes of at least 4 members (excludes halogenated alkanes) is 2. The van der Waals surface area contributed by atoms with Crippen LogP contribution in [0.2, 0.25) is 0 Å². The number of amides is 11. The molecule has 1 aromatic carbocycles. The van der Waals surface area contributed by atoms with Gasteiger partial charge in [0.2, 0.25) is 65.0 Å². The van der Waals surface area contributed by atoms with Gasteiger partial charge in [0.1, 0.15) is 66.2 Å². The molecule has 0 radical (unpaired) electrons. The van der Waals surface area contributed by atoms with Gasteiger partial charge in [-0.25, -0.2) is 0 Å². The lowest BCUT2D eigenvalue weighted by atomic mass is 9.95. The molecule has 35 heteroatoms. The van der Waals surface area contributed by atoms with Gasteiger partial charge in [0, 0.05) is 45.3 Å². The third-order valence-corrected chi connectivity index (χ3v) is 16.7. The van der Waals surface area contributed by atoms with E-state index in [2.05, 4.69) is 57.8 Å². The number of aromatic hydroxyl groups is 1. The molecule has 1 aromatic rings. The van der Waals surface area contributed by atoms with Crippen molar-refractivity contribution in [3.63, 3.8) is 0 Å². The normalized spacial score (nSPS) is 17.2. The maximum absolute atomic E-state index is 14.9. The van der Waals surface area contributed by atoms with Crippen molar-refractivity contribution >= 4 is 88.8 Å². The molecule has 0 bridgehead atoms. The van der Waals surface area contributed by atoms with Crippen molar-refractivity contribution in [3.05, 3.63) is 29.8 Å². The standard InChI is InChI=1S/C65H111N19O16/c1-6-38(4)53-63(100)84(34-14-8-7-9-21-50(86)75-43(60(97)83-53)19-15-32-73-64(69)70)39(5)55(92)77-45(20-16-33-74-65(71)72)57(94)81-48(35-37(2)3)61(98)80-47(27-29-52(89)90)59(96)79-46(26-28-51(87)88)58(95)78-44(18-11-13-31-67)56(93)82-49(36-40-22-24-41(85)25-23-40)62(99)76-42(54(68)91)17-10-12-30-66/h22-25,37-39,42-49,53,85H,6-21,26-36,66-67H2,1-5H3,(H2,68,91)(H,75,86)(H,76,99)(H,77,92)(H,78,95)(H,79,96)(H,80,98)(H,81,94)(H,82,93)(H,83,97)(H,87,88)(H,89,90)(H4,69,70,73)(H4,71,72,74)/t38-,39-,42-,43-,44-,45-,46-,47-,48-,49-,53-/m0/s1. The molecule has 2 rings (SSSR count). The van der Waals surface area contributed by atoms with Crippen molar-refractivity contribution < 1.29 is 77.6 Å². The van der Waals surface area contributed by atoms with Gasteiger partial charge in [0.15, 0.2) is 11.9 Å². The van der Waals surface area contributed by atoms with E-state index in [1.807, 2.05) is 6.92 Å². The number of carbonyl (C=O) groups excluding carboxylic acids is 11. The number of rotatable bonds is 44. The van der Waals surface area contributed by atoms with Crippen LogP contribution in [-0.4, -0.2) is 202 Å². The number of hydrogen-bond donors (Lipinski definition) is 19. The summed E-state index contributed by atoms with van der Waals surface area (Å²) in [5, 5.41) is 53.2. The molecule has 0 saturated carbocycles. The van der Waals surface area contributed by atoms with Crippen molar-refractivity contribution in [2.45, 2.75) is 236 Å². The van der Waals surface area contributed by atoms with E-state index in [-0.39, 0.29) is 113 Å². The van der Waals surface area contributed by atoms with Crippen molar-refractivity contribution in [2.24, 2.45) is 62.0 Å². The number of nitrogens with one attached hydrogen (secondary N) is 9. The molecule has 562 valence electrons. The number of benzene rings is 1. The molecule has 1 heterocycles. The number of guanidine groups is 2. The number of phenolic OH excluding ortho intramolecular Hbond substituents is 1. The van der Waals surface area contributed by atoms with Crippen molar-refractivity contribution in [1.29, 1.82) is 0 Å². The molecule has 1 saturated heterocycles. The molecular weight excluding hydrogens is 1300 g/mol. The Balaban J connectivity index is 2.60. The molecule has 11 atom stereocenters. The Morgan fingerprint density at radius 2 is 0.990 bits per heavy atom. The number of phenols is 1. The largest absolute Gasteiger partial charge is 0.508 e. The van der Waals surface area contributed by atoms with Crippen molar-refractivity contribution in [2.75, 3.05) is 32.7 Å². The molecule has 1 aliphatic heterocycles. The molecule has 1 aliphatic rings. The minimum atomic E-state index is -1.79. The van der Waals surface area contributed by atoms with Crippen LogP contribution in [0.15, 0.2) is 34.3 Å². The highest BCUT2D eigenvalue weighted by atomic mass is 16.4. The van der Waals surface area contributed by atoms with Crippen LogP contribution in [0.3, 0.4) is 0 Å². The van der Waals surface area contributed by atoms with E-state index in [0.717, 1.165) is 0 Å². The molecule has 0 unspecified atom stereocenters. The van der Waals surface area contributed by atoms with Gasteiger partial charge < -0.3 is 108 Å². The molecule has 100 heavy (non-hydrogen) atoms. The summed E-state index contributed by atoms with van der Waals surface area (Å²) in [4.78, 5) is 189. The van der Waals surface area contributed by atoms with Crippen LogP contribution in [0, 0.1) is 11.8 Å². The summed E-state index contributed by atoms with van der Waals surface area (Å²) < 4.78 is 0. The summed E-state index contributed by atoms with van der Waals surface area (Å²) in [6.07, 6.45) is 1.37. The lowest BCUT2D eigenvalue weighted by molar-refractivity contribution is -0.145. The first kappa shape index (κ1) is 86.7. The maximum Gasteiger partial charge on any atom is 0.303 e. The Hall–Kier alpha value is -9.41. The number of carboxylic acids is 2. The first-order chi connectivity index (χ1) is 47.3. The maximum atomic E-state index is 14.9. The second-order valence-electron chi connectivity index (χ2n) is 25.5. The van der Waals surface area contributed by atoms with Gasteiger partial charge in [0.25, 0.3) is 0 Å². The van der Waals surface area contributed by atoms with E-state index in [1.165, 1.54) is 36.1 Å². The highest BCUT2D eigenvalue weighted by Gasteiger charge is 2.39. The van der Waals surface area contributed by atoms with E-state index in [0.29, 0.717) is 69.9 Å². The monoisotopic (exact) mass is 1410 g/mol. The molecule has 11 amide bonds. The van der Waals surface area contributed by atoms with Crippen LogP contribution in [-0.2, 0) is 68.7 Å². The summed E-state index contributed by atoms with van der Waals surface area (Å²) in [7, 11) is 0. The van der Waals surface area contributed by atoms with Gasteiger partial charge in [-0.15, -0.1) is 0 Å². The number of aliphatic carboxylic acids is 2. The van der Waals surface area contributed by atoms with E-state index < -0.39 is 163 Å². The van der Waals surface area contributed by atoms with Crippen LogP contribution in [0.25, 0.3) is 0 Å². The molecule has 0 spiro atoms. The van der Waals surface area contributed by atoms with Crippen molar-refractivity contribution in [3.8, 4) is 5.75 Å². The lowest BCUT2D eigenvalue weighted by Gasteiger charge is -2.35. The average molecular weight is 1410 g/mol. The first-order valence-electron chi connectivity index (χ1n) is 34.4. The van der Waals surface area contributed by atoms with Crippen molar-refractivity contribution in [1.82, 2.24) is 52.8 Å². The Labute approximate surface area is 583 Å². The highest BCUT2D eigenvalue weighted by Crippen LogP contribution is 2.19. The fraction of sp³-hybridized carbons (Fsp3) is 0.677. The fourth-order valence-corrected chi connectivity index (χ4v) is 10.8. The zero-order valence-electron chi connectivity index (χ0n) is 58.4. The second-order valence-corrected chi connectivity index (χ2v) is 25.5. The molecule has 0 aromatic heterocycles. The van der Waals surface area contributed by atoms with Gasteiger partial charge in [-0.2, -0.15) is 0 Å². The number of primary amides is 1. The predicted octanol–water partition coefficient (Wildman–Crippen LogP) is -2.85. The highest BCUT2D eigenvalue weighted by molar-refractivity contribution is 5.99. The lowest BCUT2D eigenvalue weighted by Crippen LogP contribution is -2.61. The third-order valence-electron chi connectivity index (χ3n) is 16.7. The predicted molar refractivity (Wildman–Crippen MR) is 371 cm³/mol. The quantitative estimate of drug-likeness (QED) is 0.0178. The Morgan fingerprint density at radius 3 is 1.48 bits per heavy atom. The van der Waals surface area contributed by atoms with Gasteiger partial charge in [-0.05, 0) is 146 Å². The molecule has 26 N–H and O–H groups in total. The second kappa shape index (κ2) is 46.8. The average Bonchev–Trinajstić information content (AvgIpc) is 0.833. The van der Waals surface area contributed by atoms with Crippen LogP contribution in [0.1, 0.15) is 175 Å². The van der Waals surface area contributed by atoms with Crippen LogP contribution >= 0.6 is 0 Å². The van der Waals surface area contributed by atoms with Gasteiger partial charge in [0.05, 0.1) is 0 Å². The number of carboxylic acid groups (broad SMARTS) is 2. The zero-order valence-corrected chi connectivity index (χ0v) is 58.4. The van der Waals surface area contributed by atoms with Crippen LogP contribution in [0.4, 0.5) is 0 Å². The van der Waals surface area contributed by atoms with Gasteiger partial charge in [-0.1, -0.05) is 59.1 Å². The summed E-state index contributed by atoms with van der Waals surface area (Å²) in [5.74, 6) is -13.5. The van der Waals surface area contributed by atoms with Crippen LogP contribution in [0.5, 0.6) is 5.75 Å². The number of aliphatic imine (C=N–C) groups is 2. The van der Waals surface area contributed by atoms with E-state index >= 15 is 0 Å². The summed E-state index contributed by atoms with van der Waals surface area (Å²) in [5.41, 5.74) is 39.7. The fourth-order valence-electron chi connectivity index (χ4n) is 10.8. The summed E-state index contributed by atoms with van der Waals surface area (Å²) in [6.45, 7) is 9.07. The number of nitrogens with two attached hydrogens (primary N) is 7. The number of carbonyl (C=O) groups is 13. The Kier molecular flexibility index (Phi) is 40.6. The van der Waals surface area contributed by atoms with Gasteiger partial charge >= 0.3 is 11.9 Å². The van der Waals surface area contributed by atoms with E-state index in [1.54, 1.807) is 20.8 Å². The number of hydrogen-bond acceptors (Lipinski definition) is 18. The van der Waals surface area contributed by atoms with E-state index in [9.17, 15) is 77.6 Å². The zero-order chi connectivity index (χ0) is 75.0. The minimum absolute atomic E-state index is 0.0179. The first-order valence-corrected chi connectivity index (χ1v) is 34.4. The smallest absolute Gasteiger partial charge is 0.303 e. The molecule has 35 nitrogen and oxygen atoms in total. The minimum Gasteiger partial charge on any atom is -0.508 e. The van der Waals surface area contributed by atoms with Gasteiger partial charge in [-0.3, -0.25) is 72.3 Å². The Morgan fingerprint density at radius 1 is 0.550 bits per heavy atom. The topological polar surface area (TPSA) is 601 Å². The summed E-state index contributed by atoms with van der Waals surface area (Å²) >= 11 is 0. The molecule has 1 fully saturated rings. The summed E-state index contributed by atoms with van der Waals surface area (Å²) in [6, 6.07) is -8.48.